The third kappa shape index (κ3) is 4.07. The number of anilines is 1. The zero-order chi connectivity index (χ0) is 14.3. The van der Waals surface area contributed by atoms with Crippen LogP contribution in [0, 0.1) is 11.3 Å². The van der Waals surface area contributed by atoms with Crippen molar-refractivity contribution >= 4 is 11.7 Å². The predicted molar refractivity (Wildman–Crippen MR) is 71.4 cm³/mol. The standard InChI is InChI=1S/C13H17N3O3/c1-16(8-4-7-14)13(17)15-11-9-10(18-2)5-6-12(11)19-3/h5-6,9H,4,8H2,1-3H3,(H,15,17). The summed E-state index contributed by atoms with van der Waals surface area (Å²) in [7, 11) is 4.70. The highest BCUT2D eigenvalue weighted by Crippen LogP contribution is 2.28. The van der Waals surface area contributed by atoms with Crippen molar-refractivity contribution < 1.29 is 14.3 Å². The van der Waals surface area contributed by atoms with E-state index in [-0.39, 0.29) is 6.03 Å². The Morgan fingerprint density at radius 3 is 2.74 bits per heavy atom. The molecule has 102 valence electrons. The van der Waals surface area contributed by atoms with Gasteiger partial charge in [-0.05, 0) is 12.1 Å². The molecule has 0 radical (unpaired) electrons. The largest absolute Gasteiger partial charge is 0.497 e. The first-order valence-corrected chi connectivity index (χ1v) is 5.73. The van der Waals surface area contributed by atoms with Crippen molar-refractivity contribution in [3.05, 3.63) is 18.2 Å². The Balaban J connectivity index is 2.80. The molecule has 0 saturated heterocycles. The minimum absolute atomic E-state index is 0.291. The highest BCUT2D eigenvalue weighted by molar-refractivity contribution is 5.91. The molecule has 1 rings (SSSR count). The summed E-state index contributed by atoms with van der Waals surface area (Å²) in [6, 6.07) is 6.82. The lowest BCUT2D eigenvalue weighted by Gasteiger charge is -2.18. The van der Waals surface area contributed by atoms with Gasteiger partial charge in [-0.3, -0.25) is 0 Å². The van der Waals surface area contributed by atoms with Gasteiger partial charge in [0.25, 0.3) is 0 Å². The Kier molecular flexibility index (Phi) is 5.48. The fourth-order valence-electron chi connectivity index (χ4n) is 1.44. The summed E-state index contributed by atoms with van der Waals surface area (Å²) in [5.74, 6) is 1.17. The van der Waals surface area contributed by atoms with Crippen LogP contribution in [0.3, 0.4) is 0 Å². The Bertz CT molecular complexity index is 483. The number of ether oxygens (including phenoxy) is 2. The van der Waals surface area contributed by atoms with Gasteiger partial charge in [-0.15, -0.1) is 0 Å². The van der Waals surface area contributed by atoms with Crippen LogP contribution in [-0.2, 0) is 0 Å². The second kappa shape index (κ2) is 7.11. The minimum Gasteiger partial charge on any atom is -0.497 e. The lowest BCUT2D eigenvalue weighted by molar-refractivity contribution is 0.223. The molecule has 2 amide bonds. The number of nitriles is 1. The van der Waals surface area contributed by atoms with Gasteiger partial charge >= 0.3 is 6.03 Å². The Morgan fingerprint density at radius 1 is 1.42 bits per heavy atom. The third-order valence-corrected chi connectivity index (χ3v) is 2.55. The lowest BCUT2D eigenvalue weighted by Crippen LogP contribution is -2.32. The van der Waals surface area contributed by atoms with Gasteiger partial charge in [0.1, 0.15) is 11.5 Å². The van der Waals surface area contributed by atoms with E-state index in [1.807, 2.05) is 6.07 Å². The molecule has 6 heteroatoms. The number of benzene rings is 1. The molecule has 6 nitrogen and oxygen atoms in total. The number of nitrogens with one attached hydrogen (secondary N) is 1. The fourth-order valence-corrected chi connectivity index (χ4v) is 1.44. The zero-order valence-electron chi connectivity index (χ0n) is 11.3. The minimum atomic E-state index is -0.304. The van der Waals surface area contributed by atoms with E-state index in [4.69, 9.17) is 14.7 Å². The molecule has 1 N–H and O–H groups in total. The molecule has 0 fully saturated rings. The summed E-state index contributed by atoms with van der Waals surface area (Å²) in [4.78, 5) is 13.3. The van der Waals surface area contributed by atoms with Crippen molar-refractivity contribution in [1.82, 2.24) is 4.90 Å². The lowest BCUT2D eigenvalue weighted by atomic mass is 10.2. The van der Waals surface area contributed by atoms with Crippen molar-refractivity contribution in [1.29, 1.82) is 5.26 Å². The normalized spacial score (nSPS) is 9.37. The molecule has 0 spiro atoms. The van der Waals surface area contributed by atoms with Crippen LogP contribution in [0.1, 0.15) is 6.42 Å². The molecule has 0 aliphatic heterocycles. The Labute approximate surface area is 112 Å². The maximum Gasteiger partial charge on any atom is 0.321 e. The van der Waals surface area contributed by atoms with E-state index in [9.17, 15) is 4.79 Å². The molecule has 0 bridgehead atoms. The fraction of sp³-hybridized carbons (Fsp3) is 0.385. The van der Waals surface area contributed by atoms with E-state index >= 15 is 0 Å². The second-order valence-electron chi connectivity index (χ2n) is 3.83. The summed E-state index contributed by atoms with van der Waals surface area (Å²) in [6.45, 7) is 0.370. The van der Waals surface area contributed by atoms with E-state index in [1.165, 1.54) is 12.0 Å². The van der Waals surface area contributed by atoms with Gasteiger partial charge in [0, 0.05) is 19.7 Å². The molecular formula is C13H17N3O3. The van der Waals surface area contributed by atoms with E-state index in [2.05, 4.69) is 5.32 Å². The Morgan fingerprint density at radius 2 is 2.16 bits per heavy atom. The molecule has 0 saturated carbocycles. The average Bonchev–Trinajstić information content (AvgIpc) is 2.44. The molecule has 0 aromatic heterocycles. The van der Waals surface area contributed by atoms with Gasteiger partial charge in [0.2, 0.25) is 0 Å². The van der Waals surface area contributed by atoms with Crippen LogP contribution in [0.5, 0.6) is 11.5 Å². The topological polar surface area (TPSA) is 74.6 Å². The van der Waals surface area contributed by atoms with E-state index in [1.54, 1.807) is 32.4 Å². The van der Waals surface area contributed by atoms with Gasteiger partial charge in [-0.25, -0.2) is 4.79 Å². The van der Waals surface area contributed by atoms with E-state index in [0.717, 1.165) is 0 Å². The van der Waals surface area contributed by atoms with Crippen LogP contribution in [0.2, 0.25) is 0 Å². The predicted octanol–water partition coefficient (Wildman–Crippen LogP) is 2.08. The SMILES string of the molecule is COc1ccc(OC)c(NC(=O)N(C)CCC#N)c1. The van der Waals surface area contributed by atoms with Crippen LogP contribution in [-0.4, -0.2) is 38.7 Å². The average molecular weight is 263 g/mol. The number of rotatable bonds is 5. The summed E-state index contributed by atoms with van der Waals surface area (Å²) in [5, 5.41) is 11.2. The quantitative estimate of drug-likeness (QED) is 0.882. The van der Waals surface area contributed by atoms with Gasteiger partial charge in [-0.2, -0.15) is 5.26 Å². The summed E-state index contributed by atoms with van der Waals surface area (Å²) < 4.78 is 10.3. The maximum absolute atomic E-state index is 11.9. The smallest absolute Gasteiger partial charge is 0.321 e. The van der Waals surface area contributed by atoms with Crippen molar-refractivity contribution in [2.75, 3.05) is 33.1 Å². The zero-order valence-corrected chi connectivity index (χ0v) is 11.3. The molecule has 0 unspecified atom stereocenters. The molecule has 1 aromatic rings. The van der Waals surface area contributed by atoms with Crippen molar-refractivity contribution in [3.63, 3.8) is 0 Å². The maximum atomic E-state index is 11.9. The van der Waals surface area contributed by atoms with Crippen LogP contribution in [0.15, 0.2) is 18.2 Å². The summed E-state index contributed by atoms with van der Waals surface area (Å²) >= 11 is 0. The summed E-state index contributed by atoms with van der Waals surface area (Å²) in [5.41, 5.74) is 0.524. The highest BCUT2D eigenvalue weighted by Gasteiger charge is 2.12. The number of hydrogen-bond acceptors (Lipinski definition) is 4. The molecule has 19 heavy (non-hydrogen) atoms. The number of methoxy groups -OCH3 is 2. The van der Waals surface area contributed by atoms with E-state index < -0.39 is 0 Å². The van der Waals surface area contributed by atoms with Crippen LogP contribution in [0.25, 0.3) is 0 Å². The molecule has 0 aliphatic carbocycles. The molecule has 0 atom stereocenters. The highest BCUT2D eigenvalue weighted by atomic mass is 16.5. The number of nitrogens with zero attached hydrogens (tertiary/aromatic N) is 2. The molecule has 0 heterocycles. The van der Waals surface area contributed by atoms with E-state index in [0.29, 0.717) is 30.2 Å². The first kappa shape index (κ1) is 14.6. The molecular weight excluding hydrogens is 246 g/mol. The van der Waals surface area contributed by atoms with Crippen LogP contribution in [0.4, 0.5) is 10.5 Å². The summed E-state index contributed by atoms with van der Waals surface area (Å²) in [6.07, 6.45) is 0.291. The number of hydrogen-bond donors (Lipinski definition) is 1. The Hall–Kier alpha value is -2.42. The number of carbonyl (C=O) groups excluding carboxylic acids is 1. The molecule has 0 aliphatic rings. The van der Waals surface area contributed by atoms with Gasteiger partial charge in [0.15, 0.2) is 0 Å². The molecule has 1 aromatic carbocycles. The van der Waals surface area contributed by atoms with Crippen molar-refractivity contribution in [2.24, 2.45) is 0 Å². The first-order chi connectivity index (χ1) is 9.12. The second-order valence-corrected chi connectivity index (χ2v) is 3.83. The van der Waals surface area contributed by atoms with Gasteiger partial charge < -0.3 is 19.7 Å². The van der Waals surface area contributed by atoms with Gasteiger partial charge in [-0.1, -0.05) is 0 Å². The number of amides is 2. The number of carbonyl (C=O) groups is 1. The third-order valence-electron chi connectivity index (χ3n) is 2.55. The first-order valence-electron chi connectivity index (χ1n) is 5.73. The van der Waals surface area contributed by atoms with Crippen LogP contribution < -0.4 is 14.8 Å². The number of urea groups is 1. The van der Waals surface area contributed by atoms with Gasteiger partial charge in [0.05, 0.1) is 32.4 Å². The van der Waals surface area contributed by atoms with Crippen LogP contribution >= 0.6 is 0 Å². The van der Waals surface area contributed by atoms with Crippen molar-refractivity contribution in [2.45, 2.75) is 6.42 Å². The monoisotopic (exact) mass is 263 g/mol. The van der Waals surface area contributed by atoms with Crippen molar-refractivity contribution in [3.8, 4) is 17.6 Å².